The van der Waals surface area contributed by atoms with Gasteiger partial charge in [0, 0.05) is 19.4 Å². The van der Waals surface area contributed by atoms with Gasteiger partial charge >= 0.3 is 0 Å². The Hall–Kier alpha value is -0.383. The molecule has 0 fully saturated rings. The Bertz CT molecular complexity index is 131. The molecule has 4 heteroatoms. The molecule has 0 rings (SSSR count). The molecule has 0 atom stereocenters. The highest BCUT2D eigenvalue weighted by Crippen LogP contribution is 2.12. The first kappa shape index (κ1) is 10.6. The van der Waals surface area contributed by atoms with E-state index in [-0.39, 0.29) is 11.5 Å². The van der Waals surface area contributed by atoms with Crippen LogP contribution in [0.4, 0.5) is 0 Å². The van der Waals surface area contributed by atoms with Gasteiger partial charge in [-0.25, -0.2) is 0 Å². The molecule has 0 heterocycles. The van der Waals surface area contributed by atoms with Crippen LogP contribution in [0.25, 0.3) is 0 Å². The number of unbranched alkanes of at least 4 members (excludes halogenated alkanes) is 1. The van der Waals surface area contributed by atoms with Gasteiger partial charge in [0.25, 0.3) is 0 Å². The normalized spacial score (nSPS) is 11.5. The summed E-state index contributed by atoms with van der Waals surface area (Å²) in [5.74, 6) is 0. The zero-order valence-corrected chi connectivity index (χ0v) is 8.59. The van der Waals surface area contributed by atoms with Gasteiger partial charge in [-0.15, -0.1) is 0 Å². The van der Waals surface area contributed by atoms with Crippen molar-refractivity contribution in [1.29, 1.82) is 0 Å². The minimum atomic E-state index is -0.952. The minimum absolute atomic E-state index is 0.143. The highest BCUT2D eigenvalue weighted by molar-refractivity contribution is 6.76. The first-order valence-corrected chi connectivity index (χ1v) is 7.74. The Kier molecular flexibility index (Phi) is 4.33. The molecule has 3 nitrogen and oxygen atoms in total. The van der Waals surface area contributed by atoms with Crippen molar-refractivity contribution in [2.45, 2.75) is 38.5 Å². The number of nitrogens with zero attached hydrogens (tertiary/aromatic N) is 1. The molecule has 0 radical (unpaired) electrons. The van der Waals surface area contributed by atoms with Crippen molar-refractivity contribution in [3.63, 3.8) is 0 Å². The number of hydrogen-bond donors (Lipinski definition) is 0. The first-order valence-electron chi connectivity index (χ1n) is 4.03. The number of nitro groups is 1. The van der Waals surface area contributed by atoms with Crippen LogP contribution in [0.2, 0.25) is 25.7 Å². The molecule has 0 saturated carbocycles. The summed E-state index contributed by atoms with van der Waals surface area (Å²) in [6.07, 6.45) is 1.77. The summed E-state index contributed by atoms with van der Waals surface area (Å²) < 4.78 is 0. The van der Waals surface area contributed by atoms with Crippen molar-refractivity contribution in [3.8, 4) is 0 Å². The fourth-order valence-electron chi connectivity index (χ4n) is 0.896. The lowest BCUT2D eigenvalue weighted by Crippen LogP contribution is -2.19. The summed E-state index contributed by atoms with van der Waals surface area (Å²) >= 11 is 0. The van der Waals surface area contributed by atoms with E-state index in [2.05, 4.69) is 19.6 Å². The quantitative estimate of drug-likeness (QED) is 0.279. The van der Waals surface area contributed by atoms with Gasteiger partial charge in [-0.1, -0.05) is 25.7 Å². The number of rotatable bonds is 5. The minimum Gasteiger partial charge on any atom is -0.265 e. The van der Waals surface area contributed by atoms with Gasteiger partial charge < -0.3 is 0 Å². The fourth-order valence-corrected chi connectivity index (χ4v) is 2.21. The van der Waals surface area contributed by atoms with Crippen molar-refractivity contribution < 1.29 is 4.92 Å². The second-order valence-corrected chi connectivity index (χ2v) is 9.70. The highest BCUT2D eigenvalue weighted by atomic mass is 28.3. The molecule has 0 amide bonds. The predicted molar refractivity (Wildman–Crippen MR) is 49.2 cm³/mol. The van der Waals surface area contributed by atoms with E-state index in [0.717, 1.165) is 12.8 Å². The van der Waals surface area contributed by atoms with Gasteiger partial charge in [-0.2, -0.15) is 0 Å². The van der Waals surface area contributed by atoms with Crippen LogP contribution < -0.4 is 0 Å². The van der Waals surface area contributed by atoms with Crippen molar-refractivity contribution in [3.05, 3.63) is 10.1 Å². The van der Waals surface area contributed by atoms with Crippen LogP contribution in [-0.4, -0.2) is 19.5 Å². The third kappa shape index (κ3) is 9.62. The third-order valence-electron chi connectivity index (χ3n) is 1.52. The van der Waals surface area contributed by atoms with Crippen LogP contribution >= 0.6 is 0 Å². The Morgan fingerprint density at radius 3 is 2.18 bits per heavy atom. The number of hydrogen-bond acceptors (Lipinski definition) is 2. The van der Waals surface area contributed by atoms with Gasteiger partial charge in [0.1, 0.15) is 0 Å². The van der Waals surface area contributed by atoms with E-state index in [0.29, 0.717) is 0 Å². The van der Waals surface area contributed by atoms with E-state index in [1.807, 2.05) is 0 Å². The van der Waals surface area contributed by atoms with E-state index in [1.54, 1.807) is 0 Å². The van der Waals surface area contributed by atoms with Crippen LogP contribution in [0.3, 0.4) is 0 Å². The predicted octanol–water partition coefficient (Wildman–Crippen LogP) is 2.38. The summed E-state index contributed by atoms with van der Waals surface area (Å²) in [7, 11) is -0.952. The van der Waals surface area contributed by atoms with Gasteiger partial charge in [0.2, 0.25) is 6.54 Å². The van der Waals surface area contributed by atoms with Crippen LogP contribution in [-0.2, 0) is 0 Å². The molecule has 0 aliphatic heterocycles. The second kappa shape index (κ2) is 4.49. The average molecular weight is 175 g/mol. The van der Waals surface area contributed by atoms with Gasteiger partial charge in [0.05, 0.1) is 0 Å². The van der Waals surface area contributed by atoms with E-state index in [1.165, 1.54) is 6.04 Å². The van der Waals surface area contributed by atoms with E-state index in [9.17, 15) is 10.1 Å². The van der Waals surface area contributed by atoms with Crippen LogP contribution in [0.5, 0.6) is 0 Å². The van der Waals surface area contributed by atoms with Crippen molar-refractivity contribution >= 4 is 8.07 Å². The second-order valence-electron chi connectivity index (χ2n) is 4.07. The maximum Gasteiger partial charge on any atom is 0.203 e. The molecule has 11 heavy (non-hydrogen) atoms. The molecule has 66 valence electrons. The molecule has 0 aromatic rings. The molecule has 0 aromatic carbocycles. The summed E-state index contributed by atoms with van der Waals surface area (Å²) in [5, 5.41) is 9.94. The third-order valence-corrected chi connectivity index (χ3v) is 3.37. The van der Waals surface area contributed by atoms with Crippen LogP contribution in [0.15, 0.2) is 0 Å². The van der Waals surface area contributed by atoms with Crippen molar-refractivity contribution in [2.75, 3.05) is 6.54 Å². The van der Waals surface area contributed by atoms with Crippen LogP contribution in [0, 0.1) is 10.1 Å². The summed E-state index contributed by atoms with van der Waals surface area (Å²) in [6.45, 7) is 7.02. The monoisotopic (exact) mass is 175 g/mol. The largest absolute Gasteiger partial charge is 0.265 e. The molecular weight excluding hydrogens is 158 g/mol. The Morgan fingerprint density at radius 1 is 1.27 bits per heavy atom. The molecule has 0 spiro atoms. The maximum atomic E-state index is 9.94. The van der Waals surface area contributed by atoms with E-state index in [4.69, 9.17) is 0 Å². The Labute approximate surface area is 69.0 Å². The molecule has 0 saturated heterocycles. The molecule has 0 bridgehead atoms. The molecular formula is C7H17NO2Si. The summed E-state index contributed by atoms with van der Waals surface area (Å²) in [4.78, 5) is 9.71. The highest BCUT2D eigenvalue weighted by Gasteiger charge is 2.12. The lowest BCUT2D eigenvalue weighted by Gasteiger charge is -2.13. The smallest absolute Gasteiger partial charge is 0.203 e. The zero-order valence-electron chi connectivity index (χ0n) is 7.59. The average Bonchev–Trinajstić information content (AvgIpc) is 1.78. The van der Waals surface area contributed by atoms with Gasteiger partial charge in [-0.05, 0) is 6.42 Å². The molecule has 0 aromatic heterocycles. The Balaban J connectivity index is 3.22. The maximum absolute atomic E-state index is 9.94. The zero-order chi connectivity index (χ0) is 8.91. The lowest BCUT2D eigenvalue weighted by molar-refractivity contribution is -0.480. The van der Waals surface area contributed by atoms with Crippen molar-refractivity contribution in [2.24, 2.45) is 0 Å². The first-order chi connectivity index (χ1) is 4.92. The standard InChI is InChI=1S/C7H17NO2Si/c1-11(2,3)7-5-4-6-8(9)10/h4-7H2,1-3H3. The molecule has 0 aliphatic carbocycles. The molecule has 0 unspecified atom stereocenters. The SMILES string of the molecule is C[Si](C)(C)CCCC[N+](=O)[O-]. The fraction of sp³-hybridized carbons (Fsp3) is 1.00. The van der Waals surface area contributed by atoms with Gasteiger partial charge in [-0.3, -0.25) is 10.1 Å². The summed E-state index contributed by atoms with van der Waals surface area (Å²) in [5.41, 5.74) is 0. The van der Waals surface area contributed by atoms with Crippen molar-refractivity contribution in [1.82, 2.24) is 0 Å². The summed E-state index contributed by atoms with van der Waals surface area (Å²) in [6, 6.07) is 1.21. The molecule has 0 aliphatic rings. The molecule has 0 N–H and O–H groups in total. The topological polar surface area (TPSA) is 43.1 Å². The van der Waals surface area contributed by atoms with E-state index >= 15 is 0 Å². The Morgan fingerprint density at radius 2 is 1.82 bits per heavy atom. The van der Waals surface area contributed by atoms with Crippen LogP contribution in [0.1, 0.15) is 12.8 Å². The lowest BCUT2D eigenvalue weighted by atomic mass is 10.3. The van der Waals surface area contributed by atoms with Gasteiger partial charge in [0.15, 0.2) is 0 Å². The van der Waals surface area contributed by atoms with E-state index < -0.39 is 8.07 Å².